The lowest BCUT2D eigenvalue weighted by atomic mass is 10.1. The third-order valence-corrected chi connectivity index (χ3v) is 6.68. The Morgan fingerprint density at radius 1 is 0.943 bits per heavy atom. The first kappa shape index (κ1) is 22.5. The molecule has 3 heterocycles. The fourth-order valence-corrected chi connectivity index (χ4v) is 4.80. The Morgan fingerprint density at radius 3 is 2.37 bits per heavy atom. The predicted octanol–water partition coefficient (Wildman–Crippen LogP) is 3.53. The van der Waals surface area contributed by atoms with Gasteiger partial charge in [0.2, 0.25) is 5.91 Å². The van der Waals surface area contributed by atoms with Crippen LogP contribution in [0.5, 0.6) is 0 Å². The van der Waals surface area contributed by atoms with E-state index in [1.54, 1.807) is 48.7 Å². The number of thioether (sulfide) groups is 1. The van der Waals surface area contributed by atoms with E-state index in [-0.39, 0.29) is 12.1 Å². The number of aryl methyl sites for hydroxylation is 1. The highest BCUT2D eigenvalue weighted by Crippen LogP contribution is 2.29. The second-order valence-electron chi connectivity index (χ2n) is 8.10. The Kier molecular flexibility index (Phi) is 5.92. The summed E-state index contributed by atoms with van der Waals surface area (Å²) in [5.74, 6) is -1.02. The number of rotatable bonds is 6. The largest absolute Gasteiger partial charge is 0.324 e. The lowest BCUT2D eigenvalue weighted by Crippen LogP contribution is -2.37. The van der Waals surface area contributed by atoms with Crippen molar-refractivity contribution in [3.63, 3.8) is 0 Å². The van der Waals surface area contributed by atoms with Gasteiger partial charge in [-0.1, -0.05) is 30.3 Å². The van der Waals surface area contributed by atoms with E-state index in [2.05, 4.69) is 10.3 Å². The summed E-state index contributed by atoms with van der Waals surface area (Å²) in [5.41, 5.74) is 3.15. The van der Waals surface area contributed by atoms with Crippen LogP contribution in [0.15, 0.2) is 82.6 Å². The number of anilines is 1. The molecule has 5 rings (SSSR count). The van der Waals surface area contributed by atoms with Crippen LogP contribution in [0, 0.1) is 6.92 Å². The number of hydrogen-bond donors (Lipinski definition) is 1. The molecule has 35 heavy (non-hydrogen) atoms. The van der Waals surface area contributed by atoms with E-state index in [1.807, 2.05) is 25.1 Å². The Bertz CT molecular complexity index is 1530. The summed E-state index contributed by atoms with van der Waals surface area (Å²) in [6, 6.07) is 18.9. The second kappa shape index (κ2) is 9.19. The van der Waals surface area contributed by atoms with Crippen molar-refractivity contribution in [1.82, 2.24) is 14.3 Å². The zero-order chi connectivity index (χ0) is 24.5. The van der Waals surface area contributed by atoms with Crippen LogP contribution < -0.4 is 10.9 Å². The molecular weight excluding hydrogens is 464 g/mol. The average molecular weight is 485 g/mol. The first-order valence-electron chi connectivity index (χ1n) is 10.9. The summed E-state index contributed by atoms with van der Waals surface area (Å²) in [4.78, 5) is 56.6. The fourth-order valence-electron chi connectivity index (χ4n) is 3.90. The minimum absolute atomic E-state index is 0.156. The topological polar surface area (TPSA) is 101 Å². The summed E-state index contributed by atoms with van der Waals surface area (Å²) >= 11 is 1.42. The van der Waals surface area contributed by atoms with Crippen LogP contribution in [-0.2, 0) is 10.5 Å². The van der Waals surface area contributed by atoms with Crippen molar-refractivity contribution < 1.29 is 14.4 Å². The SMILES string of the molecule is Cc1ccc2nc(CSc3ccccc3NC(=O)CN3C(=O)c4ccccc4C3=O)cc(=O)n2c1. The summed E-state index contributed by atoms with van der Waals surface area (Å²) in [6.45, 7) is 1.53. The predicted molar refractivity (Wildman–Crippen MR) is 133 cm³/mol. The van der Waals surface area contributed by atoms with Gasteiger partial charge in [0.05, 0.1) is 22.5 Å². The van der Waals surface area contributed by atoms with Crippen molar-refractivity contribution in [1.29, 1.82) is 0 Å². The van der Waals surface area contributed by atoms with E-state index in [0.29, 0.717) is 33.9 Å². The summed E-state index contributed by atoms with van der Waals surface area (Å²) in [7, 11) is 0. The monoisotopic (exact) mass is 484 g/mol. The van der Waals surface area contributed by atoms with Gasteiger partial charge in [0.1, 0.15) is 12.2 Å². The minimum Gasteiger partial charge on any atom is -0.324 e. The lowest BCUT2D eigenvalue weighted by Gasteiger charge is -2.15. The van der Waals surface area contributed by atoms with Crippen LogP contribution in [0.4, 0.5) is 5.69 Å². The zero-order valence-electron chi connectivity index (χ0n) is 18.7. The summed E-state index contributed by atoms with van der Waals surface area (Å²) in [6.07, 6.45) is 1.75. The van der Waals surface area contributed by atoms with Gasteiger partial charge in [0.15, 0.2) is 0 Å². The van der Waals surface area contributed by atoms with Crippen LogP contribution in [0.1, 0.15) is 32.0 Å². The molecule has 0 bridgehead atoms. The fraction of sp³-hybridized carbons (Fsp3) is 0.115. The molecule has 0 saturated carbocycles. The quantitative estimate of drug-likeness (QED) is 0.332. The number of amides is 3. The normalized spacial score (nSPS) is 12.8. The van der Waals surface area contributed by atoms with Gasteiger partial charge in [-0.25, -0.2) is 4.98 Å². The minimum atomic E-state index is -0.481. The Balaban J connectivity index is 1.29. The molecule has 174 valence electrons. The highest BCUT2D eigenvalue weighted by Gasteiger charge is 2.36. The van der Waals surface area contributed by atoms with Crippen molar-refractivity contribution >= 4 is 40.8 Å². The number of aromatic nitrogens is 2. The maximum atomic E-state index is 12.7. The molecule has 2 aromatic heterocycles. The lowest BCUT2D eigenvalue weighted by molar-refractivity contribution is -0.116. The van der Waals surface area contributed by atoms with Crippen LogP contribution in [-0.4, -0.2) is 38.6 Å². The molecule has 8 nitrogen and oxygen atoms in total. The van der Waals surface area contributed by atoms with Crippen LogP contribution in [0.3, 0.4) is 0 Å². The van der Waals surface area contributed by atoms with Crippen molar-refractivity contribution in [2.45, 2.75) is 17.6 Å². The van der Waals surface area contributed by atoms with Gasteiger partial charge in [0.25, 0.3) is 17.4 Å². The van der Waals surface area contributed by atoms with Crippen molar-refractivity contribution in [3.8, 4) is 0 Å². The van der Waals surface area contributed by atoms with E-state index in [0.717, 1.165) is 15.4 Å². The molecule has 4 aromatic rings. The maximum Gasteiger partial charge on any atom is 0.262 e. The highest BCUT2D eigenvalue weighted by molar-refractivity contribution is 7.98. The number of nitrogens with one attached hydrogen (secondary N) is 1. The smallest absolute Gasteiger partial charge is 0.262 e. The molecule has 2 aromatic carbocycles. The third-order valence-electron chi connectivity index (χ3n) is 5.58. The average Bonchev–Trinajstić information content (AvgIpc) is 3.09. The number of carbonyl (C=O) groups excluding carboxylic acids is 3. The first-order chi connectivity index (χ1) is 16.9. The molecule has 0 atom stereocenters. The first-order valence-corrected chi connectivity index (χ1v) is 11.8. The Labute approximate surface area is 204 Å². The number of hydrogen-bond acceptors (Lipinski definition) is 6. The van der Waals surface area contributed by atoms with E-state index in [4.69, 9.17) is 0 Å². The molecule has 1 aliphatic heterocycles. The van der Waals surface area contributed by atoms with E-state index in [9.17, 15) is 19.2 Å². The molecule has 0 aliphatic carbocycles. The van der Waals surface area contributed by atoms with E-state index >= 15 is 0 Å². The van der Waals surface area contributed by atoms with E-state index < -0.39 is 17.7 Å². The molecule has 0 spiro atoms. The Morgan fingerprint density at radius 2 is 1.63 bits per heavy atom. The van der Waals surface area contributed by atoms with E-state index in [1.165, 1.54) is 22.2 Å². The maximum absolute atomic E-state index is 12.7. The van der Waals surface area contributed by atoms with Gasteiger partial charge >= 0.3 is 0 Å². The standard InChI is InChI=1S/C26H20N4O4S/c1-16-10-11-22-27-17(12-24(32)29(22)13-16)15-35-21-9-5-4-8-20(21)28-23(31)14-30-25(33)18-6-2-3-7-19(18)26(30)34/h2-13H,14-15H2,1H3,(H,28,31). The molecule has 0 fully saturated rings. The number of benzene rings is 2. The van der Waals surface area contributed by atoms with Gasteiger partial charge < -0.3 is 5.32 Å². The zero-order valence-corrected chi connectivity index (χ0v) is 19.5. The highest BCUT2D eigenvalue weighted by atomic mass is 32.2. The van der Waals surface area contributed by atoms with Crippen molar-refractivity contribution in [3.05, 3.63) is 106 Å². The molecule has 0 radical (unpaired) electrons. The molecular formula is C26H20N4O4S. The van der Waals surface area contributed by atoms with Gasteiger partial charge in [-0.3, -0.25) is 28.5 Å². The van der Waals surface area contributed by atoms with Crippen molar-refractivity contribution in [2.24, 2.45) is 0 Å². The molecule has 3 amide bonds. The number of imide groups is 1. The summed E-state index contributed by atoms with van der Waals surface area (Å²) < 4.78 is 1.51. The second-order valence-corrected chi connectivity index (χ2v) is 9.11. The van der Waals surface area contributed by atoms with Crippen LogP contribution in [0.2, 0.25) is 0 Å². The number of pyridine rings is 1. The third kappa shape index (κ3) is 4.45. The van der Waals surface area contributed by atoms with Gasteiger partial charge in [-0.05, 0) is 42.8 Å². The summed E-state index contributed by atoms with van der Waals surface area (Å²) in [5, 5.41) is 2.80. The Hall–Kier alpha value is -4.24. The van der Waals surface area contributed by atoms with Crippen LogP contribution >= 0.6 is 11.8 Å². The van der Waals surface area contributed by atoms with Gasteiger partial charge in [-0.2, -0.15) is 0 Å². The van der Waals surface area contributed by atoms with Gasteiger partial charge in [0, 0.05) is 22.9 Å². The number of carbonyl (C=O) groups is 3. The molecule has 0 unspecified atom stereocenters. The molecule has 0 saturated heterocycles. The molecule has 9 heteroatoms. The molecule has 1 aliphatic rings. The van der Waals surface area contributed by atoms with Gasteiger partial charge in [-0.15, -0.1) is 11.8 Å². The van der Waals surface area contributed by atoms with Crippen LogP contribution in [0.25, 0.3) is 5.65 Å². The van der Waals surface area contributed by atoms with Crippen molar-refractivity contribution in [2.75, 3.05) is 11.9 Å². The number of para-hydroxylation sites is 1. The number of nitrogens with zero attached hydrogens (tertiary/aromatic N) is 3. The molecule has 1 N–H and O–H groups in total. The number of fused-ring (bicyclic) bond motifs is 2.